The standard InChI is InChI=1S/C11H15N3O2S2/c1-3-14(4-2)18(15,16)10-5-6-11(13-9-10)17-8-7-12/h5-6,9H,3-4,8H2,1-2H3. The zero-order valence-electron chi connectivity index (χ0n) is 10.3. The number of pyridine rings is 1. The molecule has 1 aromatic rings. The van der Waals surface area contributed by atoms with Gasteiger partial charge in [0.1, 0.15) is 4.90 Å². The molecule has 5 nitrogen and oxygen atoms in total. The van der Waals surface area contributed by atoms with Crippen LogP contribution in [0.3, 0.4) is 0 Å². The molecule has 0 saturated heterocycles. The first-order chi connectivity index (χ1) is 8.56. The molecule has 0 spiro atoms. The van der Waals surface area contributed by atoms with Crippen LogP contribution in [0.5, 0.6) is 0 Å². The van der Waals surface area contributed by atoms with E-state index in [4.69, 9.17) is 5.26 Å². The van der Waals surface area contributed by atoms with Gasteiger partial charge in [0.2, 0.25) is 10.0 Å². The molecule has 0 aromatic carbocycles. The lowest BCUT2D eigenvalue weighted by atomic mass is 10.5. The van der Waals surface area contributed by atoms with Crippen molar-refractivity contribution in [2.24, 2.45) is 0 Å². The van der Waals surface area contributed by atoms with Crippen molar-refractivity contribution in [1.82, 2.24) is 9.29 Å². The topological polar surface area (TPSA) is 74.1 Å². The summed E-state index contributed by atoms with van der Waals surface area (Å²) >= 11 is 1.28. The summed E-state index contributed by atoms with van der Waals surface area (Å²) in [5, 5.41) is 9.10. The molecule has 7 heteroatoms. The van der Waals surface area contributed by atoms with E-state index in [9.17, 15) is 8.42 Å². The molecule has 0 aliphatic carbocycles. The Morgan fingerprint density at radius 3 is 2.50 bits per heavy atom. The molecule has 0 unspecified atom stereocenters. The van der Waals surface area contributed by atoms with Crippen LogP contribution in [0.15, 0.2) is 28.3 Å². The maximum absolute atomic E-state index is 12.1. The van der Waals surface area contributed by atoms with Crippen LogP contribution in [0.1, 0.15) is 13.8 Å². The monoisotopic (exact) mass is 285 g/mol. The Morgan fingerprint density at radius 1 is 1.39 bits per heavy atom. The number of thioether (sulfide) groups is 1. The van der Waals surface area contributed by atoms with Crippen molar-refractivity contribution in [3.8, 4) is 6.07 Å². The van der Waals surface area contributed by atoms with E-state index in [0.29, 0.717) is 23.9 Å². The molecular formula is C11H15N3O2S2. The van der Waals surface area contributed by atoms with Gasteiger partial charge in [0.25, 0.3) is 0 Å². The fraction of sp³-hybridized carbons (Fsp3) is 0.455. The Kier molecular flexibility index (Phi) is 5.59. The molecule has 0 fully saturated rings. The highest BCUT2D eigenvalue weighted by Gasteiger charge is 2.21. The van der Waals surface area contributed by atoms with Crippen LogP contribution in [0, 0.1) is 11.3 Å². The summed E-state index contributed by atoms with van der Waals surface area (Å²) in [4.78, 5) is 4.23. The first-order valence-corrected chi connectivity index (χ1v) is 7.94. The van der Waals surface area contributed by atoms with Crippen molar-refractivity contribution in [3.63, 3.8) is 0 Å². The average molecular weight is 285 g/mol. The maximum atomic E-state index is 12.1. The number of hydrogen-bond donors (Lipinski definition) is 0. The molecule has 0 amide bonds. The quantitative estimate of drug-likeness (QED) is 0.744. The number of aromatic nitrogens is 1. The molecule has 1 heterocycles. The Labute approximate surface area is 112 Å². The Morgan fingerprint density at radius 2 is 2.06 bits per heavy atom. The second kappa shape index (κ2) is 6.73. The van der Waals surface area contributed by atoms with Gasteiger partial charge in [0, 0.05) is 19.3 Å². The molecule has 1 rings (SSSR count). The third kappa shape index (κ3) is 3.45. The lowest BCUT2D eigenvalue weighted by molar-refractivity contribution is 0.445. The van der Waals surface area contributed by atoms with Crippen molar-refractivity contribution >= 4 is 21.8 Å². The largest absolute Gasteiger partial charge is 0.249 e. The third-order valence-electron chi connectivity index (χ3n) is 2.34. The summed E-state index contributed by atoms with van der Waals surface area (Å²) in [6.45, 7) is 4.46. The molecule has 0 aliphatic rings. The van der Waals surface area contributed by atoms with Crippen LogP contribution < -0.4 is 0 Å². The van der Waals surface area contributed by atoms with E-state index in [0.717, 1.165) is 0 Å². The molecule has 0 radical (unpaired) electrons. The third-order valence-corrected chi connectivity index (χ3v) is 5.18. The van der Waals surface area contributed by atoms with Gasteiger partial charge in [-0.15, -0.1) is 0 Å². The minimum Gasteiger partial charge on any atom is -0.249 e. The van der Waals surface area contributed by atoms with Gasteiger partial charge in [0.15, 0.2) is 0 Å². The second-order valence-corrected chi connectivity index (χ2v) is 6.30. The number of rotatable bonds is 6. The predicted molar refractivity (Wildman–Crippen MR) is 70.7 cm³/mol. The van der Waals surface area contributed by atoms with Crippen molar-refractivity contribution < 1.29 is 8.42 Å². The lowest BCUT2D eigenvalue weighted by Crippen LogP contribution is -2.30. The minimum absolute atomic E-state index is 0.188. The van der Waals surface area contributed by atoms with Crippen molar-refractivity contribution in [3.05, 3.63) is 18.3 Å². The van der Waals surface area contributed by atoms with Crippen LogP contribution in [-0.2, 0) is 10.0 Å². The smallest absolute Gasteiger partial charge is 0.244 e. The summed E-state index contributed by atoms with van der Waals surface area (Å²) in [6, 6.07) is 5.15. The predicted octanol–water partition coefficient (Wildman–Crippen LogP) is 1.73. The summed E-state index contributed by atoms with van der Waals surface area (Å²) in [5.41, 5.74) is 0. The molecule has 0 N–H and O–H groups in total. The van der Waals surface area contributed by atoms with Gasteiger partial charge in [-0.05, 0) is 12.1 Å². The SMILES string of the molecule is CCN(CC)S(=O)(=O)c1ccc(SCC#N)nc1. The van der Waals surface area contributed by atoms with Crippen LogP contribution in [0.25, 0.3) is 0 Å². The van der Waals surface area contributed by atoms with Gasteiger partial charge in [-0.3, -0.25) is 0 Å². The van der Waals surface area contributed by atoms with E-state index < -0.39 is 10.0 Å². The van der Waals surface area contributed by atoms with E-state index in [-0.39, 0.29) is 4.90 Å². The van der Waals surface area contributed by atoms with Crippen molar-refractivity contribution in [2.75, 3.05) is 18.8 Å². The van der Waals surface area contributed by atoms with Crippen molar-refractivity contribution in [2.45, 2.75) is 23.8 Å². The normalized spacial score (nSPS) is 11.4. The molecular weight excluding hydrogens is 270 g/mol. The minimum atomic E-state index is -3.44. The number of nitriles is 1. The van der Waals surface area contributed by atoms with Crippen molar-refractivity contribution in [1.29, 1.82) is 5.26 Å². The van der Waals surface area contributed by atoms with Gasteiger partial charge >= 0.3 is 0 Å². The molecule has 1 aromatic heterocycles. The molecule has 98 valence electrons. The molecule has 0 saturated carbocycles. The zero-order chi connectivity index (χ0) is 13.6. The highest BCUT2D eigenvalue weighted by atomic mass is 32.2. The van der Waals surface area contributed by atoms with E-state index in [1.807, 2.05) is 6.07 Å². The average Bonchev–Trinajstić information content (AvgIpc) is 2.38. The summed E-state index contributed by atoms with van der Waals surface area (Å²) < 4.78 is 25.7. The highest BCUT2D eigenvalue weighted by molar-refractivity contribution is 7.99. The number of hydrogen-bond acceptors (Lipinski definition) is 5. The van der Waals surface area contributed by atoms with E-state index in [2.05, 4.69) is 4.98 Å². The van der Waals surface area contributed by atoms with Gasteiger partial charge in [-0.1, -0.05) is 25.6 Å². The summed E-state index contributed by atoms with van der Waals surface area (Å²) in [7, 11) is -3.44. The van der Waals surface area contributed by atoms with Gasteiger partial charge in [-0.25, -0.2) is 13.4 Å². The lowest BCUT2D eigenvalue weighted by Gasteiger charge is -2.18. The maximum Gasteiger partial charge on any atom is 0.244 e. The van der Waals surface area contributed by atoms with Gasteiger partial charge < -0.3 is 0 Å². The van der Waals surface area contributed by atoms with Crippen LogP contribution in [-0.4, -0.2) is 36.5 Å². The van der Waals surface area contributed by atoms with Crippen LogP contribution >= 0.6 is 11.8 Å². The van der Waals surface area contributed by atoms with Gasteiger partial charge in [0.05, 0.1) is 16.8 Å². The van der Waals surface area contributed by atoms with Crippen LogP contribution in [0.2, 0.25) is 0 Å². The molecule has 0 bridgehead atoms. The van der Waals surface area contributed by atoms with Gasteiger partial charge in [-0.2, -0.15) is 9.57 Å². The Hall–Kier alpha value is -1.10. The Bertz CT molecular complexity index is 516. The first-order valence-electron chi connectivity index (χ1n) is 5.52. The molecule has 0 atom stereocenters. The van der Waals surface area contributed by atoms with E-state index >= 15 is 0 Å². The Balaban J connectivity index is 2.94. The fourth-order valence-electron chi connectivity index (χ4n) is 1.42. The molecule has 0 aliphatic heterocycles. The van der Waals surface area contributed by atoms with Crippen LogP contribution in [0.4, 0.5) is 0 Å². The first kappa shape index (κ1) is 15.0. The second-order valence-electron chi connectivity index (χ2n) is 3.37. The molecule has 18 heavy (non-hydrogen) atoms. The summed E-state index contributed by atoms with van der Waals surface area (Å²) in [6.07, 6.45) is 1.34. The highest BCUT2D eigenvalue weighted by Crippen LogP contribution is 2.19. The number of sulfonamides is 1. The van der Waals surface area contributed by atoms with E-state index in [1.54, 1.807) is 19.9 Å². The summed E-state index contributed by atoms with van der Waals surface area (Å²) in [5.74, 6) is 0.301. The fourth-order valence-corrected chi connectivity index (χ4v) is 3.33. The number of nitrogens with zero attached hydrogens (tertiary/aromatic N) is 3. The van der Waals surface area contributed by atoms with E-state index in [1.165, 1.54) is 28.3 Å². The zero-order valence-corrected chi connectivity index (χ0v) is 12.0.